The van der Waals surface area contributed by atoms with Crippen molar-refractivity contribution in [3.63, 3.8) is 0 Å². The first-order valence-corrected chi connectivity index (χ1v) is 8.42. The first-order valence-electron chi connectivity index (χ1n) is 8.05. The normalized spacial score (nSPS) is 10.9. The van der Waals surface area contributed by atoms with Crippen molar-refractivity contribution >= 4 is 34.9 Å². The van der Waals surface area contributed by atoms with Crippen molar-refractivity contribution in [2.24, 2.45) is 5.41 Å². The zero-order valence-electron chi connectivity index (χ0n) is 14.8. The molecular formula is C20H20ClNO4. The van der Waals surface area contributed by atoms with Crippen LogP contribution in [0.1, 0.15) is 41.5 Å². The molecule has 0 aliphatic carbocycles. The van der Waals surface area contributed by atoms with Crippen LogP contribution in [0.4, 0.5) is 5.69 Å². The fourth-order valence-electron chi connectivity index (χ4n) is 1.98. The lowest BCUT2D eigenvalue weighted by molar-refractivity contribution is -0.123. The number of carbonyl (C=O) groups is 3. The van der Waals surface area contributed by atoms with Gasteiger partial charge in [-0.15, -0.1) is 0 Å². The smallest absolute Gasteiger partial charge is 0.340 e. The Balaban J connectivity index is 1.95. The number of benzene rings is 2. The van der Waals surface area contributed by atoms with E-state index in [1.165, 1.54) is 6.07 Å². The van der Waals surface area contributed by atoms with Crippen molar-refractivity contribution in [2.75, 3.05) is 11.9 Å². The van der Waals surface area contributed by atoms with Crippen LogP contribution in [0.15, 0.2) is 48.5 Å². The number of halogens is 1. The second kappa shape index (κ2) is 8.15. The molecule has 0 heterocycles. The van der Waals surface area contributed by atoms with Gasteiger partial charge >= 0.3 is 5.97 Å². The van der Waals surface area contributed by atoms with Crippen LogP contribution in [-0.4, -0.2) is 24.3 Å². The minimum atomic E-state index is -0.655. The number of carbonyl (C=O) groups excluding carboxylic acids is 3. The van der Waals surface area contributed by atoms with Crippen LogP contribution in [0.25, 0.3) is 0 Å². The molecule has 0 aliphatic heterocycles. The highest BCUT2D eigenvalue weighted by atomic mass is 35.5. The van der Waals surface area contributed by atoms with Crippen LogP contribution in [0.3, 0.4) is 0 Å². The highest BCUT2D eigenvalue weighted by molar-refractivity contribution is 6.33. The van der Waals surface area contributed by atoms with Crippen molar-refractivity contribution < 1.29 is 19.1 Å². The maximum atomic E-state index is 12.2. The fraction of sp³-hybridized carbons (Fsp3) is 0.250. The summed E-state index contributed by atoms with van der Waals surface area (Å²) in [6, 6.07) is 12.9. The monoisotopic (exact) mass is 373 g/mol. The molecule has 2 aromatic carbocycles. The summed E-state index contributed by atoms with van der Waals surface area (Å²) < 4.78 is 5.02. The van der Waals surface area contributed by atoms with E-state index in [9.17, 15) is 14.4 Å². The summed E-state index contributed by atoms with van der Waals surface area (Å²) in [6.45, 7) is 5.05. The Morgan fingerprint density at radius 1 is 1.00 bits per heavy atom. The molecule has 0 radical (unpaired) electrons. The molecule has 2 rings (SSSR count). The molecule has 0 atom stereocenters. The average Bonchev–Trinajstić information content (AvgIpc) is 2.59. The Kier molecular flexibility index (Phi) is 6.16. The Bertz CT molecular complexity index is 822. The Hall–Kier alpha value is -2.66. The summed E-state index contributed by atoms with van der Waals surface area (Å²) in [4.78, 5) is 36.1. The summed E-state index contributed by atoms with van der Waals surface area (Å²) in [7, 11) is 0. The third-order valence-electron chi connectivity index (χ3n) is 3.57. The van der Waals surface area contributed by atoms with E-state index in [0.717, 1.165) is 0 Å². The molecule has 26 heavy (non-hydrogen) atoms. The molecule has 0 aromatic heterocycles. The Morgan fingerprint density at radius 3 is 2.19 bits per heavy atom. The molecule has 6 heteroatoms. The molecule has 0 saturated heterocycles. The van der Waals surface area contributed by atoms with E-state index in [2.05, 4.69) is 5.32 Å². The first-order chi connectivity index (χ1) is 12.2. The number of ketones is 1. The van der Waals surface area contributed by atoms with E-state index in [4.69, 9.17) is 16.3 Å². The van der Waals surface area contributed by atoms with E-state index in [0.29, 0.717) is 11.3 Å². The Labute approximate surface area is 157 Å². The summed E-state index contributed by atoms with van der Waals surface area (Å²) in [5.41, 5.74) is 0.670. The van der Waals surface area contributed by atoms with Crippen molar-refractivity contribution in [2.45, 2.75) is 20.8 Å². The van der Waals surface area contributed by atoms with Gasteiger partial charge < -0.3 is 10.1 Å². The molecule has 1 amide bonds. The van der Waals surface area contributed by atoms with Gasteiger partial charge in [-0.3, -0.25) is 9.59 Å². The van der Waals surface area contributed by atoms with E-state index < -0.39 is 18.0 Å². The second-order valence-electron chi connectivity index (χ2n) is 6.76. The van der Waals surface area contributed by atoms with Crippen LogP contribution in [0.2, 0.25) is 5.02 Å². The molecule has 0 bridgehead atoms. The number of anilines is 1. The van der Waals surface area contributed by atoms with Gasteiger partial charge in [-0.1, -0.05) is 44.5 Å². The molecule has 0 fully saturated rings. The summed E-state index contributed by atoms with van der Waals surface area (Å²) in [6.07, 6.45) is 0. The topological polar surface area (TPSA) is 72.5 Å². The van der Waals surface area contributed by atoms with Gasteiger partial charge in [0.05, 0.1) is 10.6 Å². The van der Waals surface area contributed by atoms with Crippen molar-refractivity contribution in [1.29, 1.82) is 0 Å². The number of esters is 1. The molecule has 0 unspecified atom stereocenters. The first kappa shape index (κ1) is 19.7. The zero-order chi connectivity index (χ0) is 19.3. The van der Waals surface area contributed by atoms with Crippen LogP contribution < -0.4 is 5.32 Å². The van der Waals surface area contributed by atoms with Crippen LogP contribution in [-0.2, 0) is 9.53 Å². The van der Waals surface area contributed by atoms with E-state index >= 15 is 0 Å². The predicted octanol–water partition coefficient (Wildman–Crippen LogP) is 4.36. The van der Waals surface area contributed by atoms with Crippen molar-refractivity contribution in [1.82, 2.24) is 0 Å². The highest BCUT2D eigenvalue weighted by Gasteiger charge is 2.21. The number of Topliss-reactive ketones (excluding diaryl/α,β-unsaturated/α-hetero) is 1. The Morgan fingerprint density at radius 2 is 1.62 bits per heavy atom. The maximum Gasteiger partial charge on any atom is 0.340 e. The number of ether oxygens (including phenoxy) is 1. The minimum absolute atomic E-state index is 0.120. The van der Waals surface area contributed by atoms with Gasteiger partial charge in [-0.25, -0.2) is 4.79 Å². The molecule has 0 aliphatic rings. The third kappa shape index (κ3) is 5.17. The number of hydrogen-bond acceptors (Lipinski definition) is 4. The van der Waals surface area contributed by atoms with E-state index in [1.807, 2.05) is 20.8 Å². The standard InChI is InChI=1S/C20H20ClNO4/c1-20(2,3)19(25)22-14-10-8-13(9-11-14)17(23)12-26-18(24)15-6-4-5-7-16(15)21/h4-11H,12H2,1-3H3,(H,22,25). The largest absolute Gasteiger partial charge is 0.454 e. The molecule has 5 nitrogen and oxygen atoms in total. The minimum Gasteiger partial charge on any atom is -0.454 e. The number of rotatable bonds is 5. The molecule has 0 saturated carbocycles. The predicted molar refractivity (Wildman–Crippen MR) is 101 cm³/mol. The van der Waals surface area contributed by atoms with Gasteiger partial charge in [0.25, 0.3) is 0 Å². The third-order valence-corrected chi connectivity index (χ3v) is 3.90. The van der Waals surface area contributed by atoms with E-state index in [1.54, 1.807) is 42.5 Å². The summed E-state index contributed by atoms with van der Waals surface area (Å²) in [5.74, 6) is -1.12. The van der Waals surface area contributed by atoms with Gasteiger partial charge in [-0.05, 0) is 36.4 Å². The lowest BCUT2D eigenvalue weighted by Crippen LogP contribution is -2.27. The van der Waals surface area contributed by atoms with Gasteiger partial charge in [0.1, 0.15) is 0 Å². The van der Waals surface area contributed by atoms with Gasteiger partial charge in [0.15, 0.2) is 12.4 Å². The van der Waals surface area contributed by atoms with Crippen molar-refractivity contribution in [3.05, 3.63) is 64.7 Å². The summed E-state index contributed by atoms with van der Waals surface area (Å²) in [5, 5.41) is 3.04. The fourth-order valence-corrected chi connectivity index (χ4v) is 2.19. The quantitative estimate of drug-likeness (QED) is 0.624. The lowest BCUT2D eigenvalue weighted by atomic mass is 9.95. The molecule has 136 valence electrons. The van der Waals surface area contributed by atoms with Crippen molar-refractivity contribution in [3.8, 4) is 0 Å². The van der Waals surface area contributed by atoms with Crippen LogP contribution in [0, 0.1) is 5.41 Å². The molecular weight excluding hydrogens is 354 g/mol. The average molecular weight is 374 g/mol. The molecule has 0 spiro atoms. The lowest BCUT2D eigenvalue weighted by Gasteiger charge is -2.17. The SMILES string of the molecule is CC(C)(C)C(=O)Nc1ccc(C(=O)COC(=O)c2ccccc2Cl)cc1. The van der Waals surface area contributed by atoms with Gasteiger partial charge in [-0.2, -0.15) is 0 Å². The summed E-state index contributed by atoms with van der Waals surface area (Å²) >= 11 is 5.92. The van der Waals surface area contributed by atoms with Gasteiger partial charge in [0.2, 0.25) is 5.91 Å². The van der Waals surface area contributed by atoms with Gasteiger partial charge in [0, 0.05) is 16.7 Å². The molecule has 2 aromatic rings. The van der Waals surface area contributed by atoms with Crippen LogP contribution >= 0.6 is 11.6 Å². The number of hydrogen-bond donors (Lipinski definition) is 1. The van der Waals surface area contributed by atoms with Crippen LogP contribution in [0.5, 0.6) is 0 Å². The molecule has 1 N–H and O–H groups in total. The van der Waals surface area contributed by atoms with E-state index in [-0.39, 0.29) is 22.3 Å². The highest BCUT2D eigenvalue weighted by Crippen LogP contribution is 2.18. The number of amides is 1. The number of nitrogens with one attached hydrogen (secondary N) is 1. The second-order valence-corrected chi connectivity index (χ2v) is 7.17. The maximum absolute atomic E-state index is 12.2. The zero-order valence-corrected chi connectivity index (χ0v) is 15.6.